The number of ketones is 1. The average molecular weight is 1080 g/mol. The van der Waals surface area contributed by atoms with E-state index in [1.54, 1.807) is 0 Å². The lowest BCUT2D eigenvalue weighted by molar-refractivity contribution is -0.646. The molecule has 0 unspecified atom stereocenters. The molecule has 0 radical (unpaired) electrons. The number of pyridine rings is 1. The van der Waals surface area contributed by atoms with E-state index in [0.717, 1.165) is 32.2 Å². The predicted molar refractivity (Wildman–Crippen MR) is 217 cm³/mol. The topological polar surface area (TPSA) is 20.9 Å². The molecule has 0 aliphatic rings. The summed E-state index contributed by atoms with van der Waals surface area (Å²) in [5, 5.41) is 1.12. The second-order valence-corrected chi connectivity index (χ2v) is 15.9. The van der Waals surface area contributed by atoms with Crippen LogP contribution in [0.25, 0.3) is 22.2 Å². The van der Waals surface area contributed by atoms with Crippen LogP contribution in [0.15, 0.2) is 95.5 Å². The Morgan fingerprint density at radius 1 is 0.366 bits per heavy atom. The summed E-state index contributed by atoms with van der Waals surface area (Å²) in [5.74, 6) is -71.3. The van der Waals surface area contributed by atoms with E-state index in [-0.39, 0.29) is 5.78 Å². The summed E-state index contributed by atoms with van der Waals surface area (Å²) in [5.41, 5.74) is -10.4. The highest BCUT2D eigenvalue weighted by atomic mass is 79.9. The lowest BCUT2D eigenvalue weighted by atomic mass is 9.12. The van der Waals surface area contributed by atoms with Crippen LogP contribution in [0.2, 0.25) is 0 Å². The van der Waals surface area contributed by atoms with E-state index < -0.39 is 144 Å². The first kappa shape index (κ1) is 51.6. The summed E-state index contributed by atoms with van der Waals surface area (Å²) >= 11 is 3.49. The maximum Gasteiger partial charge on any atom is 0.227 e. The maximum absolute atomic E-state index is 15.4. The normalized spacial score (nSPS) is 11.6. The maximum atomic E-state index is 15.4. The summed E-state index contributed by atoms with van der Waals surface area (Å²) in [4.78, 5) is 12.9. The van der Waals surface area contributed by atoms with Gasteiger partial charge in [-0.05, 0) is 36.4 Å². The van der Waals surface area contributed by atoms with Gasteiger partial charge in [-0.3, -0.25) is 4.79 Å². The third-order valence-corrected chi connectivity index (χ3v) is 11.7. The molecule has 1 heterocycles. The zero-order valence-corrected chi connectivity index (χ0v) is 35.8. The van der Waals surface area contributed by atoms with E-state index in [2.05, 4.69) is 56.9 Å². The molecule has 8 aromatic rings. The Bertz CT molecular complexity index is 3100. The number of Topliss-reactive ketones (excluding diaryl/α,β-unsaturated/α-hetero) is 1. The fourth-order valence-corrected chi connectivity index (χ4v) is 8.30. The van der Waals surface area contributed by atoms with E-state index in [1.807, 2.05) is 54.6 Å². The summed E-state index contributed by atoms with van der Waals surface area (Å²) in [6.45, 7) is 0.302. The molecule has 0 saturated carbocycles. The monoisotopic (exact) mass is 1080 g/mol. The molecule has 0 atom stereocenters. The van der Waals surface area contributed by atoms with Gasteiger partial charge in [0, 0.05) is 33.1 Å². The van der Waals surface area contributed by atoms with Crippen molar-refractivity contribution in [2.75, 3.05) is 0 Å². The molecule has 24 heteroatoms. The number of rotatable bonds is 8. The number of hydrogen-bond acceptors (Lipinski definition) is 1. The van der Waals surface area contributed by atoms with Gasteiger partial charge in [-0.15, -0.1) is 21.9 Å². The minimum atomic E-state index is -7.22. The van der Waals surface area contributed by atoms with Crippen molar-refractivity contribution in [3.63, 3.8) is 0 Å². The Morgan fingerprint density at radius 3 is 1.03 bits per heavy atom. The molecule has 0 aliphatic heterocycles. The van der Waals surface area contributed by atoms with Gasteiger partial charge >= 0.3 is 0 Å². The molecule has 0 fully saturated rings. The van der Waals surface area contributed by atoms with Crippen molar-refractivity contribution in [2.45, 2.75) is 6.54 Å². The van der Waals surface area contributed by atoms with Gasteiger partial charge in [0.1, 0.15) is 52.7 Å². The Kier molecular flexibility index (Phi) is 14.2. The molecule has 0 saturated heterocycles. The molecule has 366 valence electrons. The smallest absolute Gasteiger partial charge is 0.227 e. The van der Waals surface area contributed by atoms with Crippen LogP contribution in [0, 0.1) is 116 Å². The van der Waals surface area contributed by atoms with Gasteiger partial charge in [-0.2, -0.15) is 4.57 Å². The second-order valence-electron chi connectivity index (χ2n) is 15.0. The first-order valence-corrected chi connectivity index (χ1v) is 20.2. The third-order valence-electron chi connectivity index (χ3n) is 11.2. The first-order chi connectivity index (χ1) is 33.4. The highest BCUT2D eigenvalue weighted by Crippen LogP contribution is 2.31. The Labute approximate surface area is 392 Å². The fraction of sp³-hybridized carbons (Fsp3) is 0.0213. The largest absolute Gasteiger partial charge is 0.287 e. The van der Waals surface area contributed by atoms with Gasteiger partial charge in [-0.1, -0.05) is 58.4 Å². The minimum absolute atomic E-state index is 0.102. The molecule has 0 bridgehead atoms. The fourth-order valence-electron chi connectivity index (χ4n) is 8.04. The van der Waals surface area contributed by atoms with Crippen molar-refractivity contribution in [3.8, 4) is 11.3 Å². The zero-order valence-electron chi connectivity index (χ0n) is 34.2. The summed E-state index contributed by atoms with van der Waals surface area (Å²) in [6, 6.07) is 30.0. The van der Waals surface area contributed by atoms with E-state index in [9.17, 15) is 57.5 Å². The van der Waals surface area contributed by atoms with Crippen molar-refractivity contribution >= 4 is 60.6 Å². The van der Waals surface area contributed by atoms with Crippen LogP contribution in [0.3, 0.4) is 0 Å². The molecule has 8 rings (SSSR count). The zero-order chi connectivity index (χ0) is 52.3. The number of fused-ring (bicyclic) bond motifs is 1. The van der Waals surface area contributed by atoms with Gasteiger partial charge < -0.3 is 0 Å². The van der Waals surface area contributed by atoms with E-state index in [0.29, 0.717) is 6.54 Å². The standard InChI is InChI=1S/C24BF20.C23H17BrNO/c26-5-1(6(27)14(35)21(42)13(5)34)25(2-7(28)15(36)22(43)16(37)8(2)29,3-9(30)17(38)23(44)18(39)10(3)31)4-11(32)19(40)24(45)20(41)12(4)33;24-20-13-10-18(11-14-20)22-15-12-17-6-4-5-9-21(17)25(22)16-23(26)19-7-2-1-3-8-19/h;1-15H,16H2/q-1;+1. The van der Waals surface area contributed by atoms with Crippen LogP contribution in [0.1, 0.15) is 10.4 Å². The highest BCUT2D eigenvalue weighted by Gasteiger charge is 2.52. The molecule has 1 aromatic heterocycles. The molecule has 0 aliphatic carbocycles. The lowest BCUT2D eigenvalue weighted by Crippen LogP contribution is -2.81. The molecule has 71 heavy (non-hydrogen) atoms. The van der Waals surface area contributed by atoms with Crippen molar-refractivity contribution in [1.29, 1.82) is 0 Å². The number of para-hydroxylation sites is 1. The van der Waals surface area contributed by atoms with Crippen LogP contribution in [0.5, 0.6) is 0 Å². The van der Waals surface area contributed by atoms with Crippen molar-refractivity contribution < 1.29 is 97.2 Å². The predicted octanol–water partition coefficient (Wildman–Crippen LogP) is 11.3. The summed E-state index contributed by atoms with van der Waals surface area (Å²) in [7, 11) is 0. The quantitative estimate of drug-likeness (QED) is 0.0371. The number of nitrogens with zero attached hydrogens (tertiary/aromatic N) is 1. The average Bonchev–Trinajstić information content (AvgIpc) is 3.37. The van der Waals surface area contributed by atoms with Crippen LogP contribution in [0.4, 0.5) is 87.8 Å². The van der Waals surface area contributed by atoms with Crippen LogP contribution < -0.4 is 26.4 Å². The van der Waals surface area contributed by atoms with E-state index >= 15 is 35.1 Å². The highest BCUT2D eigenvalue weighted by molar-refractivity contribution is 9.10. The summed E-state index contributed by atoms with van der Waals surface area (Å²) in [6.07, 6.45) is -7.22. The summed E-state index contributed by atoms with van der Waals surface area (Å²) < 4.78 is 297. The minimum Gasteiger partial charge on any atom is -0.287 e. The molecular formula is C47H17BBrF20NO. The SMILES string of the molecule is Fc1c(F)c(F)c([B-](c2c(F)c(F)c(F)c(F)c2F)(c2c(F)c(F)c(F)c(F)c2F)c2c(F)c(F)c(F)c(F)c2F)c(F)c1F.O=C(C[n+]1c(-c2ccc(Br)cc2)ccc2ccccc21)c1ccccc1. The van der Waals surface area contributed by atoms with Crippen LogP contribution in [-0.4, -0.2) is 11.9 Å². The number of benzene rings is 7. The van der Waals surface area contributed by atoms with E-state index in [4.69, 9.17) is 0 Å². The molecule has 7 aromatic carbocycles. The van der Waals surface area contributed by atoms with Gasteiger partial charge in [0.25, 0.3) is 0 Å². The third kappa shape index (κ3) is 8.33. The Hall–Kier alpha value is -7.24. The van der Waals surface area contributed by atoms with Gasteiger partial charge in [0.2, 0.25) is 23.5 Å². The van der Waals surface area contributed by atoms with Gasteiger partial charge in [0.15, 0.2) is 69.8 Å². The van der Waals surface area contributed by atoms with Gasteiger partial charge in [0.05, 0.1) is 0 Å². The lowest BCUT2D eigenvalue weighted by Gasteiger charge is -2.44. The molecule has 0 spiro atoms. The Morgan fingerprint density at radius 2 is 0.676 bits per heavy atom. The molecule has 0 N–H and O–H groups in total. The number of halogens is 21. The second kappa shape index (κ2) is 19.5. The van der Waals surface area contributed by atoms with Gasteiger partial charge in [-0.25, -0.2) is 87.8 Å². The first-order valence-electron chi connectivity index (χ1n) is 19.4. The molecular weight excluding hydrogens is 1070 g/mol. The van der Waals surface area contributed by atoms with Crippen molar-refractivity contribution in [3.05, 3.63) is 217 Å². The van der Waals surface area contributed by atoms with Crippen molar-refractivity contribution in [1.82, 2.24) is 0 Å². The number of hydrogen-bond donors (Lipinski definition) is 0. The number of aromatic nitrogens is 1. The molecule has 0 amide bonds. The van der Waals surface area contributed by atoms with E-state index in [1.165, 1.54) is 0 Å². The Balaban J connectivity index is 0.000000240. The van der Waals surface area contributed by atoms with Crippen LogP contribution in [-0.2, 0) is 6.54 Å². The number of carbonyl (C=O) groups is 1. The van der Waals surface area contributed by atoms with Crippen molar-refractivity contribution in [2.24, 2.45) is 0 Å². The van der Waals surface area contributed by atoms with Crippen LogP contribution >= 0.6 is 15.9 Å². The molecule has 2 nitrogen and oxygen atoms in total. The number of carbonyl (C=O) groups excluding carboxylic acids is 1.